The number of nitrogens with zero attached hydrogens (tertiary/aromatic N) is 1. The zero-order valence-corrected chi connectivity index (χ0v) is 26.0. The van der Waals surface area contributed by atoms with Crippen molar-refractivity contribution < 1.29 is 23.8 Å². The highest BCUT2D eigenvalue weighted by Gasteiger charge is 2.57. The average Bonchev–Trinajstić information content (AvgIpc) is 3.57. The van der Waals surface area contributed by atoms with Crippen molar-refractivity contribution in [3.05, 3.63) is 101 Å². The monoisotopic (exact) mass is 608 g/mol. The van der Waals surface area contributed by atoms with Gasteiger partial charge < -0.3 is 15.2 Å². The first-order chi connectivity index (χ1) is 21.9. The number of rotatable bonds is 11. The number of benzene rings is 3. The molecule has 3 aromatic rings. The number of halogens is 1. The molecule has 2 fully saturated rings. The quantitative estimate of drug-likeness (QED) is 0.168. The van der Waals surface area contributed by atoms with Gasteiger partial charge in [0, 0.05) is 17.3 Å². The van der Waals surface area contributed by atoms with Crippen molar-refractivity contribution in [3.63, 3.8) is 0 Å². The summed E-state index contributed by atoms with van der Waals surface area (Å²) in [4.78, 5) is 29.2. The number of ether oxygens (including phenoxy) is 1. The SMILES string of the molecule is CCCC1=C2[C@@H](CC/C(=C/c3ccc(O)c(F)c3)CCC)OC[C@@H]2[C@@H]2C(=O)N(c3ccc(Nc4ccccc4)cc3)C(=O)[C@@H]2C1. The van der Waals surface area contributed by atoms with Gasteiger partial charge in [-0.3, -0.25) is 14.5 Å². The van der Waals surface area contributed by atoms with Gasteiger partial charge in [0.25, 0.3) is 0 Å². The zero-order chi connectivity index (χ0) is 31.5. The molecule has 2 N–H and O–H groups in total. The number of anilines is 3. The third-order valence-electron chi connectivity index (χ3n) is 9.39. The number of carbonyl (C=O) groups excluding carboxylic acids is 2. The van der Waals surface area contributed by atoms with Gasteiger partial charge in [-0.1, -0.05) is 68.2 Å². The van der Waals surface area contributed by atoms with Crippen LogP contribution in [0.1, 0.15) is 64.4 Å². The molecule has 7 heteroatoms. The van der Waals surface area contributed by atoms with Crippen molar-refractivity contribution in [2.24, 2.45) is 17.8 Å². The molecule has 0 unspecified atom stereocenters. The molecule has 0 saturated carbocycles. The molecule has 2 amide bonds. The second-order valence-corrected chi connectivity index (χ2v) is 12.4. The number of fused-ring (bicyclic) bond motifs is 3. The summed E-state index contributed by atoms with van der Waals surface area (Å²) in [6.07, 6.45) is 7.76. The molecule has 6 rings (SSSR count). The molecule has 2 saturated heterocycles. The van der Waals surface area contributed by atoms with E-state index >= 15 is 0 Å². The van der Waals surface area contributed by atoms with E-state index in [1.165, 1.54) is 33.8 Å². The van der Waals surface area contributed by atoms with Crippen LogP contribution in [0.4, 0.5) is 21.5 Å². The topological polar surface area (TPSA) is 78.9 Å². The normalized spacial score (nSPS) is 23.0. The third-order valence-corrected chi connectivity index (χ3v) is 9.39. The number of allylic oxidation sites excluding steroid dienone is 2. The fourth-order valence-corrected chi connectivity index (χ4v) is 7.40. The predicted molar refractivity (Wildman–Crippen MR) is 176 cm³/mol. The van der Waals surface area contributed by atoms with Crippen LogP contribution in [-0.2, 0) is 14.3 Å². The Morgan fingerprint density at radius 1 is 0.956 bits per heavy atom. The van der Waals surface area contributed by atoms with Gasteiger partial charge in [-0.05, 0) is 91.8 Å². The minimum absolute atomic E-state index is 0.0967. The van der Waals surface area contributed by atoms with Crippen LogP contribution in [0.2, 0.25) is 0 Å². The third kappa shape index (κ3) is 6.32. The van der Waals surface area contributed by atoms with E-state index in [2.05, 4.69) is 19.2 Å². The maximum absolute atomic E-state index is 14.0. The predicted octanol–water partition coefficient (Wildman–Crippen LogP) is 8.56. The number of carbonyl (C=O) groups is 2. The van der Waals surface area contributed by atoms with Gasteiger partial charge in [-0.15, -0.1) is 0 Å². The molecule has 6 nitrogen and oxygen atoms in total. The first-order valence-corrected chi connectivity index (χ1v) is 16.2. The van der Waals surface area contributed by atoms with E-state index in [1.54, 1.807) is 6.07 Å². The molecule has 4 atom stereocenters. The minimum Gasteiger partial charge on any atom is -0.505 e. The Morgan fingerprint density at radius 3 is 2.42 bits per heavy atom. The van der Waals surface area contributed by atoms with Crippen molar-refractivity contribution in [2.75, 3.05) is 16.8 Å². The summed E-state index contributed by atoms with van der Waals surface area (Å²) in [7, 11) is 0. The number of phenolic OH excluding ortho intramolecular Hbond substituents is 1. The molecule has 0 spiro atoms. The molecule has 234 valence electrons. The first kappa shape index (κ1) is 30.8. The van der Waals surface area contributed by atoms with Crippen LogP contribution in [0, 0.1) is 23.6 Å². The van der Waals surface area contributed by atoms with E-state index in [-0.39, 0.29) is 35.5 Å². The van der Waals surface area contributed by atoms with Crippen molar-refractivity contribution >= 4 is 35.0 Å². The Bertz CT molecular complexity index is 1610. The molecular weight excluding hydrogens is 567 g/mol. The van der Waals surface area contributed by atoms with Gasteiger partial charge in [0.2, 0.25) is 11.8 Å². The lowest BCUT2D eigenvalue weighted by atomic mass is 9.68. The second-order valence-electron chi connectivity index (χ2n) is 12.4. The van der Waals surface area contributed by atoms with Crippen LogP contribution in [-0.4, -0.2) is 29.6 Å². The van der Waals surface area contributed by atoms with Crippen molar-refractivity contribution in [3.8, 4) is 5.75 Å². The van der Waals surface area contributed by atoms with Gasteiger partial charge in [0.05, 0.1) is 30.2 Å². The molecule has 1 aliphatic carbocycles. The van der Waals surface area contributed by atoms with Crippen molar-refractivity contribution in [1.29, 1.82) is 0 Å². The standard InChI is InChI=1S/C38H41FN2O4/c1-3-8-24(20-25-12-18-33(42)32(39)21-25)13-19-34-35-26(9-4-2)22-30-36(31(35)23-45-34)38(44)41(37(30)43)29-16-14-28(15-17-29)40-27-10-6-5-7-11-27/h5-7,10-12,14-18,20-21,30-31,34,36,40,42H,3-4,8-9,13,19,22-23H2,1-2H3/b24-20+/t30-,31+,34-,36-/m1/s1. The lowest BCUT2D eigenvalue weighted by molar-refractivity contribution is -0.122. The number of phenols is 1. The van der Waals surface area contributed by atoms with Crippen LogP contribution in [0.15, 0.2) is 89.5 Å². The van der Waals surface area contributed by atoms with E-state index in [1.807, 2.05) is 60.7 Å². The second kappa shape index (κ2) is 13.4. The van der Waals surface area contributed by atoms with E-state index < -0.39 is 11.7 Å². The molecule has 2 aliphatic heterocycles. The molecule has 3 aromatic carbocycles. The summed E-state index contributed by atoms with van der Waals surface area (Å²) in [5.74, 6) is -2.09. The Kier molecular flexibility index (Phi) is 9.17. The van der Waals surface area contributed by atoms with Crippen molar-refractivity contribution in [1.82, 2.24) is 0 Å². The van der Waals surface area contributed by atoms with Gasteiger partial charge in [-0.2, -0.15) is 0 Å². The highest BCUT2D eigenvalue weighted by atomic mass is 19.1. The first-order valence-electron chi connectivity index (χ1n) is 16.2. The Labute approximate surface area is 264 Å². The van der Waals surface area contributed by atoms with Crippen LogP contribution in [0.25, 0.3) is 6.08 Å². The molecule has 45 heavy (non-hydrogen) atoms. The average molecular weight is 609 g/mol. The molecule has 0 bridgehead atoms. The summed E-state index contributed by atoms with van der Waals surface area (Å²) >= 11 is 0. The number of hydrogen-bond donors (Lipinski definition) is 2. The lowest BCUT2D eigenvalue weighted by Crippen LogP contribution is -2.34. The summed E-state index contributed by atoms with van der Waals surface area (Å²) in [5, 5.41) is 12.9. The Hall–Kier alpha value is -4.23. The molecule has 2 heterocycles. The van der Waals surface area contributed by atoms with Crippen molar-refractivity contribution in [2.45, 2.75) is 64.9 Å². The number of para-hydroxylation sites is 1. The minimum atomic E-state index is -0.627. The highest BCUT2D eigenvalue weighted by Crippen LogP contribution is 2.51. The van der Waals surface area contributed by atoms with E-state index in [0.29, 0.717) is 18.7 Å². The van der Waals surface area contributed by atoms with Crippen LogP contribution < -0.4 is 10.2 Å². The van der Waals surface area contributed by atoms with E-state index in [0.717, 1.165) is 55.5 Å². The number of hydrogen-bond acceptors (Lipinski definition) is 5. The number of nitrogens with one attached hydrogen (secondary N) is 1. The Morgan fingerprint density at radius 2 is 1.71 bits per heavy atom. The summed E-state index contributed by atoms with van der Waals surface area (Å²) in [6, 6.07) is 21.8. The van der Waals surface area contributed by atoms with Crippen LogP contribution in [0.3, 0.4) is 0 Å². The number of imide groups is 1. The maximum Gasteiger partial charge on any atom is 0.238 e. The fraction of sp³-hybridized carbons (Fsp3) is 0.368. The summed E-state index contributed by atoms with van der Waals surface area (Å²) in [5.41, 5.74) is 6.89. The molecular formula is C38H41FN2O4. The number of amides is 2. The largest absolute Gasteiger partial charge is 0.505 e. The van der Waals surface area contributed by atoms with Gasteiger partial charge >= 0.3 is 0 Å². The molecule has 3 aliphatic rings. The number of aromatic hydroxyl groups is 1. The highest BCUT2D eigenvalue weighted by molar-refractivity contribution is 6.22. The summed E-state index contributed by atoms with van der Waals surface area (Å²) < 4.78 is 20.4. The summed E-state index contributed by atoms with van der Waals surface area (Å²) in [6.45, 7) is 4.72. The molecule has 0 radical (unpaired) electrons. The van der Waals surface area contributed by atoms with Crippen LogP contribution >= 0.6 is 0 Å². The Balaban J connectivity index is 1.20. The van der Waals surface area contributed by atoms with E-state index in [9.17, 15) is 19.1 Å². The fourth-order valence-electron chi connectivity index (χ4n) is 7.40. The van der Waals surface area contributed by atoms with Gasteiger partial charge in [-0.25, -0.2) is 4.39 Å². The maximum atomic E-state index is 14.0. The zero-order valence-electron chi connectivity index (χ0n) is 26.0. The van der Waals surface area contributed by atoms with Gasteiger partial charge in [0.15, 0.2) is 11.6 Å². The smallest absolute Gasteiger partial charge is 0.238 e. The lowest BCUT2D eigenvalue weighted by Gasteiger charge is -2.32. The molecule has 0 aromatic heterocycles. The van der Waals surface area contributed by atoms with E-state index in [4.69, 9.17) is 4.74 Å². The van der Waals surface area contributed by atoms with Crippen LogP contribution in [0.5, 0.6) is 5.75 Å². The van der Waals surface area contributed by atoms with Gasteiger partial charge in [0.1, 0.15) is 0 Å².